The minimum Gasteiger partial charge on any atom is -0.395 e. The van der Waals surface area contributed by atoms with Crippen molar-refractivity contribution in [2.24, 2.45) is 0 Å². The molecule has 0 amide bonds. The molecule has 0 fully saturated rings. The molecule has 1 aromatic rings. The molecule has 16 heavy (non-hydrogen) atoms. The lowest BCUT2D eigenvalue weighted by Crippen LogP contribution is -2.35. The molecule has 0 spiro atoms. The summed E-state index contributed by atoms with van der Waals surface area (Å²) in [6.45, 7) is 7.90. The predicted molar refractivity (Wildman–Crippen MR) is 64.4 cm³/mol. The predicted octanol–water partition coefficient (Wildman–Crippen LogP) is 0.568. The molecule has 0 aliphatic rings. The second-order valence-corrected chi connectivity index (χ2v) is 4.08. The first-order chi connectivity index (χ1) is 7.63. The van der Waals surface area contributed by atoms with Crippen molar-refractivity contribution >= 4 is 0 Å². The summed E-state index contributed by atoms with van der Waals surface area (Å²) in [5.41, 5.74) is 3.73. The van der Waals surface area contributed by atoms with Gasteiger partial charge in [-0.1, -0.05) is 0 Å². The van der Waals surface area contributed by atoms with Crippen LogP contribution in [-0.4, -0.2) is 34.0 Å². The van der Waals surface area contributed by atoms with E-state index in [0.717, 1.165) is 6.54 Å². The Kier molecular flexibility index (Phi) is 4.99. The maximum Gasteiger partial charge on any atom is 0.0607 e. The molecule has 4 nitrogen and oxygen atoms in total. The van der Waals surface area contributed by atoms with Crippen LogP contribution in [0, 0.1) is 13.8 Å². The van der Waals surface area contributed by atoms with Crippen LogP contribution < -0.4 is 5.32 Å². The van der Waals surface area contributed by atoms with Gasteiger partial charge in [0.15, 0.2) is 0 Å². The zero-order valence-corrected chi connectivity index (χ0v) is 10.3. The van der Waals surface area contributed by atoms with Crippen molar-refractivity contribution in [3.05, 3.63) is 23.0 Å². The Morgan fingerprint density at radius 1 is 1.31 bits per heavy atom. The van der Waals surface area contributed by atoms with Crippen molar-refractivity contribution < 1.29 is 10.2 Å². The molecule has 0 aromatic carbocycles. The van der Waals surface area contributed by atoms with Gasteiger partial charge in [-0.3, -0.25) is 0 Å². The second kappa shape index (κ2) is 6.03. The number of hydrogen-bond acceptors (Lipinski definition) is 3. The summed E-state index contributed by atoms with van der Waals surface area (Å²) in [5.74, 6) is 0. The number of aliphatic hydroxyl groups is 2. The fraction of sp³-hybridized carbons (Fsp3) is 0.667. The lowest BCUT2D eigenvalue weighted by molar-refractivity contribution is 0.170. The van der Waals surface area contributed by atoms with Crippen LogP contribution in [0.4, 0.5) is 0 Å². The Bertz CT molecular complexity index is 330. The number of aryl methyl sites for hydroxylation is 1. The van der Waals surface area contributed by atoms with Crippen LogP contribution in [0.3, 0.4) is 0 Å². The van der Waals surface area contributed by atoms with Gasteiger partial charge < -0.3 is 20.1 Å². The van der Waals surface area contributed by atoms with E-state index in [0.29, 0.717) is 6.54 Å². The Morgan fingerprint density at radius 2 is 1.94 bits per heavy atom. The zero-order valence-electron chi connectivity index (χ0n) is 10.3. The number of aliphatic hydroxyl groups excluding tert-OH is 2. The third-order valence-electron chi connectivity index (χ3n) is 3.02. The highest BCUT2D eigenvalue weighted by Crippen LogP contribution is 2.14. The average Bonchev–Trinajstić information content (AvgIpc) is 2.55. The van der Waals surface area contributed by atoms with Crippen molar-refractivity contribution in [3.8, 4) is 0 Å². The van der Waals surface area contributed by atoms with Crippen LogP contribution in [0.25, 0.3) is 0 Å². The molecule has 1 rings (SSSR count). The molecule has 0 radical (unpaired) electrons. The lowest BCUT2D eigenvalue weighted by atomic mass is 10.2. The minimum atomic E-state index is -0.232. The van der Waals surface area contributed by atoms with Crippen LogP contribution >= 0.6 is 0 Å². The number of nitrogens with zero attached hydrogens (tertiary/aromatic N) is 1. The Hall–Kier alpha value is -0.840. The zero-order chi connectivity index (χ0) is 12.1. The van der Waals surface area contributed by atoms with E-state index in [4.69, 9.17) is 10.2 Å². The Morgan fingerprint density at radius 3 is 2.38 bits per heavy atom. The van der Waals surface area contributed by atoms with Crippen molar-refractivity contribution in [2.75, 3.05) is 13.2 Å². The maximum absolute atomic E-state index is 8.95. The Labute approximate surface area is 96.9 Å². The van der Waals surface area contributed by atoms with E-state index in [9.17, 15) is 0 Å². The van der Waals surface area contributed by atoms with E-state index in [-0.39, 0.29) is 19.3 Å². The van der Waals surface area contributed by atoms with Crippen molar-refractivity contribution in [3.63, 3.8) is 0 Å². The molecule has 1 aromatic heterocycles. The van der Waals surface area contributed by atoms with E-state index in [2.05, 4.69) is 36.7 Å². The molecule has 92 valence electrons. The van der Waals surface area contributed by atoms with E-state index in [1.807, 2.05) is 0 Å². The molecular weight excluding hydrogens is 204 g/mol. The van der Waals surface area contributed by atoms with E-state index >= 15 is 0 Å². The molecule has 1 heterocycles. The van der Waals surface area contributed by atoms with Gasteiger partial charge in [0.05, 0.1) is 19.3 Å². The van der Waals surface area contributed by atoms with Gasteiger partial charge in [-0.25, -0.2) is 0 Å². The van der Waals surface area contributed by atoms with E-state index < -0.39 is 0 Å². The van der Waals surface area contributed by atoms with Crippen LogP contribution in [0.2, 0.25) is 0 Å². The Balaban J connectivity index is 2.67. The molecular formula is C12H22N2O2. The molecule has 0 atom stereocenters. The summed E-state index contributed by atoms with van der Waals surface area (Å²) >= 11 is 0. The standard InChI is InChI=1S/C12H22N2O2/c1-4-14-9(2)5-11(10(14)3)6-13-12(7-15)8-16/h5,12-13,15-16H,4,6-8H2,1-3H3. The lowest BCUT2D eigenvalue weighted by Gasteiger charge is -2.13. The minimum absolute atomic E-state index is 0.0387. The number of hydrogen-bond donors (Lipinski definition) is 3. The van der Waals surface area contributed by atoms with Gasteiger partial charge in [0.1, 0.15) is 0 Å². The van der Waals surface area contributed by atoms with Crippen molar-refractivity contribution in [1.82, 2.24) is 9.88 Å². The molecule has 0 aliphatic heterocycles. The van der Waals surface area contributed by atoms with Gasteiger partial charge in [0.2, 0.25) is 0 Å². The molecule has 0 bridgehead atoms. The quantitative estimate of drug-likeness (QED) is 0.664. The van der Waals surface area contributed by atoms with Gasteiger partial charge >= 0.3 is 0 Å². The molecule has 0 aliphatic carbocycles. The monoisotopic (exact) mass is 226 g/mol. The maximum atomic E-state index is 8.95. The molecule has 0 saturated carbocycles. The second-order valence-electron chi connectivity index (χ2n) is 4.08. The third kappa shape index (κ3) is 2.84. The highest BCUT2D eigenvalue weighted by molar-refractivity contribution is 5.26. The van der Waals surface area contributed by atoms with Gasteiger partial charge in [-0.15, -0.1) is 0 Å². The van der Waals surface area contributed by atoms with Gasteiger partial charge in [-0.2, -0.15) is 0 Å². The van der Waals surface area contributed by atoms with Crippen LogP contribution in [-0.2, 0) is 13.1 Å². The summed E-state index contributed by atoms with van der Waals surface area (Å²) in [5, 5.41) is 21.0. The fourth-order valence-electron chi connectivity index (χ4n) is 1.98. The first kappa shape index (κ1) is 13.2. The van der Waals surface area contributed by atoms with Gasteiger partial charge in [-0.05, 0) is 32.4 Å². The first-order valence-electron chi connectivity index (χ1n) is 5.74. The largest absolute Gasteiger partial charge is 0.395 e. The van der Waals surface area contributed by atoms with Crippen LogP contribution in [0.5, 0.6) is 0 Å². The van der Waals surface area contributed by atoms with Crippen molar-refractivity contribution in [1.29, 1.82) is 0 Å². The smallest absolute Gasteiger partial charge is 0.0607 e. The summed E-state index contributed by atoms with van der Waals surface area (Å²) in [6.07, 6.45) is 0. The fourth-order valence-corrected chi connectivity index (χ4v) is 1.98. The van der Waals surface area contributed by atoms with Crippen molar-refractivity contribution in [2.45, 2.75) is 39.9 Å². The number of rotatable bonds is 6. The molecule has 0 saturated heterocycles. The molecule has 0 unspecified atom stereocenters. The highest BCUT2D eigenvalue weighted by Gasteiger charge is 2.10. The summed E-state index contributed by atoms with van der Waals surface area (Å²) in [4.78, 5) is 0. The van der Waals surface area contributed by atoms with E-state index in [1.165, 1.54) is 17.0 Å². The van der Waals surface area contributed by atoms with Gasteiger partial charge in [0.25, 0.3) is 0 Å². The molecule has 3 N–H and O–H groups in total. The number of aromatic nitrogens is 1. The summed E-state index contributed by atoms with van der Waals surface area (Å²) < 4.78 is 2.25. The number of nitrogens with one attached hydrogen (secondary N) is 1. The van der Waals surface area contributed by atoms with Crippen LogP contribution in [0.15, 0.2) is 6.07 Å². The normalized spacial score (nSPS) is 11.4. The van der Waals surface area contributed by atoms with Crippen LogP contribution in [0.1, 0.15) is 23.9 Å². The summed E-state index contributed by atoms with van der Waals surface area (Å²) in [7, 11) is 0. The SMILES string of the molecule is CCn1c(C)cc(CNC(CO)CO)c1C. The first-order valence-corrected chi connectivity index (χ1v) is 5.74. The highest BCUT2D eigenvalue weighted by atomic mass is 16.3. The molecule has 4 heteroatoms. The average molecular weight is 226 g/mol. The topological polar surface area (TPSA) is 57.4 Å². The third-order valence-corrected chi connectivity index (χ3v) is 3.02. The van der Waals surface area contributed by atoms with E-state index in [1.54, 1.807) is 0 Å². The van der Waals surface area contributed by atoms with Gasteiger partial charge in [0, 0.05) is 24.5 Å². The summed E-state index contributed by atoms with van der Waals surface area (Å²) in [6, 6.07) is 1.92.